The van der Waals surface area contributed by atoms with Crippen LogP contribution in [0.25, 0.3) is 16.9 Å². The zero-order chi connectivity index (χ0) is 21.2. The molecule has 1 aliphatic heterocycles. The summed E-state index contributed by atoms with van der Waals surface area (Å²) in [5, 5.41) is 14.9. The fraction of sp³-hybridized carbons (Fsp3) is 0.348. The van der Waals surface area contributed by atoms with Crippen molar-refractivity contribution in [1.82, 2.24) is 24.9 Å². The van der Waals surface area contributed by atoms with Crippen LogP contribution in [0.3, 0.4) is 0 Å². The minimum Gasteiger partial charge on any atom is -0.362 e. The third-order valence-electron chi connectivity index (χ3n) is 5.76. The van der Waals surface area contributed by atoms with Gasteiger partial charge in [-0.25, -0.2) is 14.4 Å². The van der Waals surface area contributed by atoms with Crippen molar-refractivity contribution in [3.8, 4) is 11.3 Å². The molecule has 0 amide bonds. The molecule has 0 unspecified atom stereocenters. The second kappa shape index (κ2) is 8.72. The maximum Gasteiger partial charge on any atom is 0.156 e. The number of piperidine rings is 1. The summed E-state index contributed by atoms with van der Waals surface area (Å²) in [6.45, 7) is 4.78. The van der Waals surface area contributed by atoms with E-state index in [-0.39, 0.29) is 5.82 Å². The number of anilines is 1. The maximum atomic E-state index is 13.2. The van der Waals surface area contributed by atoms with E-state index >= 15 is 0 Å². The summed E-state index contributed by atoms with van der Waals surface area (Å²) in [6, 6.07) is 10.6. The summed E-state index contributed by atoms with van der Waals surface area (Å²) >= 11 is 1.59. The third-order valence-corrected chi connectivity index (χ3v) is 6.61. The lowest BCUT2D eigenvalue weighted by Crippen LogP contribution is -2.27. The molecular formula is C23H25FN6S. The monoisotopic (exact) mass is 436 g/mol. The molecule has 0 bridgehead atoms. The third kappa shape index (κ3) is 4.18. The van der Waals surface area contributed by atoms with E-state index in [4.69, 9.17) is 15.1 Å². The molecule has 4 heterocycles. The lowest BCUT2D eigenvalue weighted by molar-refractivity contribution is 0.449. The number of fused-ring (bicyclic) bond motifs is 1. The quantitative estimate of drug-likeness (QED) is 0.461. The Morgan fingerprint density at radius 2 is 1.94 bits per heavy atom. The zero-order valence-electron chi connectivity index (χ0n) is 17.4. The number of halogens is 1. The molecule has 1 saturated heterocycles. The van der Waals surface area contributed by atoms with E-state index < -0.39 is 0 Å². The summed E-state index contributed by atoms with van der Waals surface area (Å²) in [7, 11) is 0. The number of hydrogen-bond donors (Lipinski definition) is 2. The zero-order valence-corrected chi connectivity index (χ0v) is 18.3. The highest BCUT2D eigenvalue weighted by Crippen LogP contribution is 2.27. The number of nitrogens with one attached hydrogen (secondary N) is 2. The summed E-state index contributed by atoms with van der Waals surface area (Å²) in [5.41, 5.74) is 4.78. The van der Waals surface area contributed by atoms with Crippen LogP contribution in [0.2, 0.25) is 0 Å². The number of nitrogens with zero attached hydrogens (tertiary/aromatic N) is 4. The summed E-state index contributed by atoms with van der Waals surface area (Å²) in [5.74, 6) is 1.19. The molecule has 0 aliphatic carbocycles. The normalized spacial score (nSPS) is 14.9. The van der Waals surface area contributed by atoms with E-state index in [1.165, 1.54) is 12.1 Å². The van der Waals surface area contributed by atoms with Crippen molar-refractivity contribution in [2.75, 3.05) is 18.4 Å². The van der Waals surface area contributed by atoms with Gasteiger partial charge in [-0.1, -0.05) is 6.92 Å². The van der Waals surface area contributed by atoms with Gasteiger partial charge in [-0.2, -0.15) is 9.61 Å². The van der Waals surface area contributed by atoms with Crippen molar-refractivity contribution >= 4 is 22.8 Å². The highest BCUT2D eigenvalue weighted by atomic mass is 32.1. The number of hydrogen-bond acceptors (Lipinski definition) is 6. The van der Waals surface area contributed by atoms with Crippen molar-refractivity contribution in [2.24, 2.45) is 0 Å². The molecule has 31 heavy (non-hydrogen) atoms. The molecule has 0 atom stereocenters. The van der Waals surface area contributed by atoms with Crippen molar-refractivity contribution in [1.29, 1.82) is 0 Å². The van der Waals surface area contributed by atoms with Crippen LogP contribution in [0.5, 0.6) is 0 Å². The summed E-state index contributed by atoms with van der Waals surface area (Å²) < 4.78 is 15.1. The standard InChI is InChI=1S/C23H25FN6S/c1-2-18-23(26-13-22-28-20(14-31-22)15-3-5-17(24)6-4-15)30-21(27-18)8-7-19(29-30)16-9-11-25-12-10-16/h3-8,14,16,25-26H,2,9-13H2,1H3. The van der Waals surface area contributed by atoms with Gasteiger partial charge in [0.25, 0.3) is 0 Å². The lowest BCUT2D eigenvalue weighted by Gasteiger charge is -2.22. The first-order valence-electron chi connectivity index (χ1n) is 10.7. The van der Waals surface area contributed by atoms with E-state index in [1.807, 2.05) is 9.90 Å². The Bertz CT molecular complexity index is 1180. The van der Waals surface area contributed by atoms with Crippen LogP contribution in [0.4, 0.5) is 10.2 Å². The first kappa shape index (κ1) is 20.1. The molecular weight excluding hydrogens is 411 g/mol. The van der Waals surface area contributed by atoms with E-state index in [2.05, 4.69) is 29.7 Å². The van der Waals surface area contributed by atoms with Gasteiger partial charge in [-0.05, 0) is 68.8 Å². The first-order valence-corrected chi connectivity index (χ1v) is 11.6. The van der Waals surface area contributed by atoms with Crippen LogP contribution in [0.1, 0.15) is 42.1 Å². The second-order valence-electron chi connectivity index (χ2n) is 7.80. The number of benzene rings is 1. The van der Waals surface area contributed by atoms with Crippen LogP contribution in [-0.4, -0.2) is 32.7 Å². The minimum atomic E-state index is -0.239. The Hall–Kier alpha value is -2.84. The van der Waals surface area contributed by atoms with Gasteiger partial charge in [0.1, 0.15) is 10.8 Å². The van der Waals surface area contributed by atoms with Crippen molar-refractivity contribution in [3.05, 3.63) is 64.0 Å². The highest BCUT2D eigenvalue weighted by Gasteiger charge is 2.19. The molecule has 0 radical (unpaired) electrons. The second-order valence-corrected chi connectivity index (χ2v) is 8.74. The molecule has 0 spiro atoms. The SMILES string of the molecule is CCc1nc2ccc(C3CCNCC3)nn2c1NCc1nc(-c2ccc(F)cc2)cs1. The van der Waals surface area contributed by atoms with E-state index in [0.29, 0.717) is 12.5 Å². The van der Waals surface area contributed by atoms with Crippen LogP contribution in [-0.2, 0) is 13.0 Å². The molecule has 5 rings (SSSR count). The lowest BCUT2D eigenvalue weighted by atomic mass is 9.94. The maximum absolute atomic E-state index is 13.2. The predicted octanol–water partition coefficient (Wildman–Crippen LogP) is 4.63. The number of aromatic nitrogens is 4. The van der Waals surface area contributed by atoms with Crippen LogP contribution < -0.4 is 10.6 Å². The summed E-state index contributed by atoms with van der Waals surface area (Å²) in [6.07, 6.45) is 3.05. The number of imidazole rings is 1. The van der Waals surface area contributed by atoms with Crippen LogP contribution >= 0.6 is 11.3 Å². The fourth-order valence-corrected chi connectivity index (χ4v) is 4.80. The van der Waals surface area contributed by atoms with Crippen molar-refractivity contribution in [3.63, 3.8) is 0 Å². The largest absolute Gasteiger partial charge is 0.362 e. The highest BCUT2D eigenvalue weighted by molar-refractivity contribution is 7.09. The molecule has 8 heteroatoms. The molecule has 4 aromatic rings. The minimum absolute atomic E-state index is 0.239. The van der Waals surface area contributed by atoms with E-state index in [0.717, 1.165) is 71.5 Å². The molecule has 160 valence electrons. The number of thiazole rings is 1. The Morgan fingerprint density at radius 3 is 2.71 bits per heavy atom. The molecule has 2 N–H and O–H groups in total. The van der Waals surface area contributed by atoms with Gasteiger partial charge in [-0.3, -0.25) is 0 Å². The Labute approximate surface area is 184 Å². The smallest absolute Gasteiger partial charge is 0.156 e. The Balaban J connectivity index is 1.38. The molecule has 3 aromatic heterocycles. The van der Waals surface area contributed by atoms with E-state index in [1.54, 1.807) is 23.5 Å². The Kier molecular flexibility index (Phi) is 5.65. The average Bonchev–Trinajstić information content (AvgIpc) is 3.42. The van der Waals surface area contributed by atoms with E-state index in [9.17, 15) is 4.39 Å². The van der Waals surface area contributed by atoms with Gasteiger partial charge in [0.05, 0.1) is 23.6 Å². The van der Waals surface area contributed by atoms with Gasteiger partial charge in [0.15, 0.2) is 11.5 Å². The Morgan fingerprint density at radius 1 is 1.13 bits per heavy atom. The van der Waals surface area contributed by atoms with Gasteiger partial charge < -0.3 is 10.6 Å². The molecule has 6 nitrogen and oxygen atoms in total. The van der Waals surface area contributed by atoms with Crippen molar-refractivity contribution in [2.45, 2.75) is 38.6 Å². The first-order chi connectivity index (χ1) is 15.2. The average molecular weight is 437 g/mol. The van der Waals surface area contributed by atoms with Crippen molar-refractivity contribution < 1.29 is 4.39 Å². The summed E-state index contributed by atoms with van der Waals surface area (Å²) in [4.78, 5) is 9.48. The number of rotatable bonds is 6. The predicted molar refractivity (Wildman–Crippen MR) is 122 cm³/mol. The van der Waals surface area contributed by atoms with Crippen LogP contribution in [0, 0.1) is 5.82 Å². The van der Waals surface area contributed by atoms with Gasteiger partial charge in [0, 0.05) is 16.9 Å². The van der Waals surface area contributed by atoms with Gasteiger partial charge in [0.2, 0.25) is 0 Å². The molecule has 1 aliphatic rings. The molecule has 1 aromatic carbocycles. The topological polar surface area (TPSA) is 67.1 Å². The number of aryl methyl sites for hydroxylation is 1. The van der Waals surface area contributed by atoms with Gasteiger partial charge >= 0.3 is 0 Å². The molecule has 1 fully saturated rings. The van der Waals surface area contributed by atoms with Crippen LogP contribution in [0.15, 0.2) is 41.8 Å². The van der Waals surface area contributed by atoms with Gasteiger partial charge in [-0.15, -0.1) is 11.3 Å². The fourth-order valence-electron chi connectivity index (χ4n) is 4.06. The molecule has 0 saturated carbocycles.